The number of aromatic nitrogens is 2. The third kappa shape index (κ3) is 1.99. The fourth-order valence-electron chi connectivity index (χ4n) is 3.15. The average Bonchev–Trinajstić information content (AvgIpc) is 2.84. The number of para-hydroxylation sites is 1. The van der Waals surface area contributed by atoms with Gasteiger partial charge in [-0.25, -0.2) is 0 Å². The molecule has 4 nitrogen and oxygen atoms in total. The molecule has 22 heavy (non-hydrogen) atoms. The highest BCUT2D eigenvalue weighted by atomic mass is 16.2. The molecule has 1 saturated heterocycles. The Kier molecular flexibility index (Phi) is 2.96. The van der Waals surface area contributed by atoms with Gasteiger partial charge in [0.1, 0.15) is 5.69 Å². The van der Waals surface area contributed by atoms with Gasteiger partial charge in [0.05, 0.1) is 0 Å². The maximum atomic E-state index is 12.7. The molecule has 2 aromatic heterocycles. The second kappa shape index (κ2) is 4.98. The zero-order valence-electron chi connectivity index (χ0n) is 12.4. The van der Waals surface area contributed by atoms with Crippen LogP contribution in [0.5, 0.6) is 0 Å². The standard InChI is InChI=1S/C18H17N3O/c1-20-16-5-3-2-4-14(16)10-17(20)18(22)21-11-15(12-21)13-6-8-19-9-7-13/h2-10,15H,11-12H2,1H3. The Morgan fingerprint density at radius 2 is 1.86 bits per heavy atom. The first-order valence-electron chi connectivity index (χ1n) is 7.47. The van der Waals surface area contributed by atoms with Crippen molar-refractivity contribution in [2.45, 2.75) is 5.92 Å². The van der Waals surface area contributed by atoms with Gasteiger partial charge in [-0.15, -0.1) is 0 Å². The summed E-state index contributed by atoms with van der Waals surface area (Å²) >= 11 is 0. The van der Waals surface area contributed by atoms with E-state index in [-0.39, 0.29) is 5.91 Å². The van der Waals surface area contributed by atoms with Crippen molar-refractivity contribution in [1.29, 1.82) is 0 Å². The summed E-state index contributed by atoms with van der Waals surface area (Å²) in [6.45, 7) is 1.56. The predicted octanol–water partition coefficient (Wildman–Crippen LogP) is 2.81. The number of hydrogen-bond donors (Lipinski definition) is 0. The second-order valence-electron chi connectivity index (χ2n) is 5.84. The molecule has 1 aliphatic rings. The van der Waals surface area contributed by atoms with E-state index in [4.69, 9.17) is 0 Å². The van der Waals surface area contributed by atoms with Crippen molar-refractivity contribution in [3.8, 4) is 0 Å². The van der Waals surface area contributed by atoms with Crippen LogP contribution in [0.25, 0.3) is 10.9 Å². The van der Waals surface area contributed by atoms with Crippen LogP contribution in [0.15, 0.2) is 54.9 Å². The van der Waals surface area contributed by atoms with Gasteiger partial charge in [-0.1, -0.05) is 18.2 Å². The molecule has 1 aromatic carbocycles. The maximum Gasteiger partial charge on any atom is 0.270 e. The van der Waals surface area contributed by atoms with Crippen molar-refractivity contribution < 1.29 is 4.79 Å². The molecular weight excluding hydrogens is 274 g/mol. The van der Waals surface area contributed by atoms with Gasteiger partial charge in [-0.2, -0.15) is 0 Å². The third-order valence-electron chi connectivity index (χ3n) is 4.52. The van der Waals surface area contributed by atoms with Gasteiger partial charge in [0.2, 0.25) is 0 Å². The Morgan fingerprint density at radius 3 is 2.59 bits per heavy atom. The molecule has 0 bridgehead atoms. The van der Waals surface area contributed by atoms with E-state index in [9.17, 15) is 4.79 Å². The number of fused-ring (bicyclic) bond motifs is 1. The van der Waals surface area contributed by atoms with E-state index in [1.807, 2.05) is 71.4 Å². The molecule has 3 aromatic rings. The van der Waals surface area contributed by atoms with Gasteiger partial charge in [-0.3, -0.25) is 9.78 Å². The van der Waals surface area contributed by atoms with Crippen molar-refractivity contribution in [2.75, 3.05) is 13.1 Å². The molecule has 0 N–H and O–H groups in total. The fraction of sp³-hybridized carbons (Fsp3) is 0.222. The Labute approximate surface area is 129 Å². The molecule has 0 radical (unpaired) electrons. The molecule has 1 aliphatic heterocycles. The zero-order chi connectivity index (χ0) is 15.1. The molecule has 0 saturated carbocycles. The summed E-state index contributed by atoms with van der Waals surface area (Å²) in [5.74, 6) is 0.547. The minimum absolute atomic E-state index is 0.115. The normalized spacial score (nSPS) is 15.0. The van der Waals surface area contributed by atoms with E-state index in [0.29, 0.717) is 5.92 Å². The lowest BCUT2D eigenvalue weighted by Gasteiger charge is -2.39. The summed E-state index contributed by atoms with van der Waals surface area (Å²) < 4.78 is 1.98. The van der Waals surface area contributed by atoms with Gasteiger partial charge in [-0.05, 0) is 29.8 Å². The van der Waals surface area contributed by atoms with E-state index < -0.39 is 0 Å². The number of likely N-dealkylation sites (tertiary alicyclic amines) is 1. The highest BCUT2D eigenvalue weighted by molar-refractivity contribution is 5.99. The molecule has 0 atom stereocenters. The first-order valence-corrected chi connectivity index (χ1v) is 7.47. The van der Waals surface area contributed by atoms with Crippen molar-refractivity contribution in [3.05, 3.63) is 66.1 Å². The molecule has 1 amide bonds. The summed E-state index contributed by atoms with van der Waals surface area (Å²) in [6.07, 6.45) is 3.62. The molecule has 0 spiro atoms. The predicted molar refractivity (Wildman–Crippen MR) is 85.8 cm³/mol. The topological polar surface area (TPSA) is 38.1 Å². The van der Waals surface area contributed by atoms with E-state index in [0.717, 1.165) is 29.7 Å². The first-order chi connectivity index (χ1) is 10.7. The van der Waals surface area contributed by atoms with Crippen molar-refractivity contribution in [1.82, 2.24) is 14.5 Å². The van der Waals surface area contributed by atoms with Crippen LogP contribution in [-0.2, 0) is 7.05 Å². The van der Waals surface area contributed by atoms with Gasteiger partial charge in [0.15, 0.2) is 0 Å². The lowest BCUT2D eigenvalue weighted by molar-refractivity contribution is 0.0593. The number of benzene rings is 1. The summed E-state index contributed by atoms with van der Waals surface area (Å²) in [5, 5.41) is 1.11. The number of amides is 1. The lowest BCUT2D eigenvalue weighted by Crippen LogP contribution is -2.48. The van der Waals surface area contributed by atoms with Crippen LogP contribution < -0.4 is 0 Å². The van der Waals surface area contributed by atoms with Crippen LogP contribution in [0.1, 0.15) is 22.0 Å². The highest BCUT2D eigenvalue weighted by Gasteiger charge is 2.33. The Morgan fingerprint density at radius 1 is 1.14 bits per heavy atom. The van der Waals surface area contributed by atoms with Crippen LogP contribution in [-0.4, -0.2) is 33.4 Å². The van der Waals surface area contributed by atoms with E-state index >= 15 is 0 Å². The summed E-state index contributed by atoms with van der Waals surface area (Å²) in [4.78, 5) is 18.6. The van der Waals surface area contributed by atoms with Crippen LogP contribution in [0.4, 0.5) is 0 Å². The van der Waals surface area contributed by atoms with E-state index in [1.165, 1.54) is 5.56 Å². The largest absolute Gasteiger partial charge is 0.340 e. The van der Waals surface area contributed by atoms with Crippen molar-refractivity contribution in [2.24, 2.45) is 7.05 Å². The zero-order valence-corrected chi connectivity index (χ0v) is 12.4. The second-order valence-corrected chi connectivity index (χ2v) is 5.84. The first kappa shape index (κ1) is 13.1. The fourth-order valence-corrected chi connectivity index (χ4v) is 3.15. The molecule has 3 heterocycles. The summed E-state index contributed by atoms with van der Waals surface area (Å²) in [7, 11) is 1.95. The number of hydrogen-bond acceptors (Lipinski definition) is 2. The SMILES string of the molecule is Cn1c(C(=O)N2CC(c3ccncc3)C2)cc2ccccc21. The van der Waals surface area contributed by atoms with Crippen LogP contribution in [0.3, 0.4) is 0 Å². The van der Waals surface area contributed by atoms with Gasteiger partial charge < -0.3 is 9.47 Å². The minimum Gasteiger partial charge on any atom is -0.340 e. The lowest BCUT2D eigenvalue weighted by atomic mass is 9.92. The number of rotatable bonds is 2. The van der Waals surface area contributed by atoms with Crippen molar-refractivity contribution in [3.63, 3.8) is 0 Å². The Balaban J connectivity index is 1.54. The van der Waals surface area contributed by atoms with Crippen LogP contribution in [0.2, 0.25) is 0 Å². The van der Waals surface area contributed by atoms with Gasteiger partial charge >= 0.3 is 0 Å². The third-order valence-corrected chi connectivity index (χ3v) is 4.52. The number of aryl methyl sites for hydroxylation is 1. The summed E-state index contributed by atoms with van der Waals surface area (Å²) in [6, 6.07) is 14.1. The van der Waals surface area contributed by atoms with E-state index in [1.54, 1.807) is 0 Å². The molecule has 0 aliphatic carbocycles. The maximum absolute atomic E-state index is 12.7. The number of nitrogens with zero attached hydrogens (tertiary/aromatic N) is 3. The van der Waals surface area contributed by atoms with E-state index in [2.05, 4.69) is 4.98 Å². The number of carbonyl (C=O) groups excluding carboxylic acids is 1. The molecule has 4 rings (SSSR count). The average molecular weight is 291 g/mol. The number of pyridine rings is 1. The van der Waals surface area contributed by atoms with Crippen LogP contribution >= 0.6 is 0 Å². The highest BCUT2D eigenvalue weighted by Crippen LogP contribution is 2.29. The monoisotopic (exact) mass is 291 g/mol. The smallest absolute Gasteiger partial charge is 0.270 e. The minimum atomic E-state index is 0.115. The van der Waals surface area contributed by atoms with Gasteiger partial charge in [0.25, 0.3) is 5.91 Å². The van der Waals surface area contributed by atoms with Gasteiger partial charge in [0, 0.05) is 49.4 Å². The van der Waals surface area contributed by atoms with Crippen LogP contribution in [0, 0.1) is 0 Å². The Hall–Kier alpha value is -2.62. The molecule has 0 unspecified atom stereocenters. The molecular formula is C18H17N3O. The Bertz CT molecular complexity index is 832. The quantitative estimate of drug-likeness (QED) is 0.728. The molecule has 1 fully saturated rings. The molecule has 4 heteroatoms. The number of carbonyl (C=O) groups is 1. The molecule has 110 valence electrons. The van der Waals surface area contributed by atoms with Crippen molar-refractivity contribution >= 4 is 16.8 Å². The summed E-state index contributed by atoms with van der Waals surface area (Å²) in [5.41, 5.74) is 3.11.